The van der Waals surface area contributed by atoms with Crippen LogP contribution in [0.15, 0.2) is 77.6 Å². The van der Waals surface area contributed by atoms with Gasteiger partial charge in [0.25, 0.3) is 5.56 Å². The number of thiazole rings is 1. The summed E-state index contributed by atoms with van der Waals surface area (Å²) >= 11 is 13.7. The summed E-state index contributed by atoms with van der Waals surface area (Å²) in [5.74, 6) is 0. The first kappa shape index (κ1) is 24.6. The lowest BCUT2D eigenvalue weighted by atomic mass is 9.84. The molecule has 4 aromatic heterocycles. The maximum Gasteiger partial charge on any atom is 0.270 e. The van der Waals surface area contributed by atoms with Crippen LogP contribution in [0.3, 0.4) is 0 Å². The normalized spacial score (nSPS) is 14.4. The number of pyridine rings is 1. The van der Waals surface area contributed by atoms with Crippen LogP contribution < -0.4 is 5.56 Å². The molecule has 198 valence electrons. The largest absolute Gasteiger partial charge is 0.270 e. The van der Waals surface area contributed by atoms with E-state index in [9.17, 15) is 4.79 Å². The van der Waals surface area contributed by atoms with E-state index in [1.54, 1.807) is 4.40 Å². The number of aromatic nitrogens is 5. The lowest BCUT2D eigenvalue weighted by Crippen LogP contribution is -2.18. The van der Waals surface area contributed by atoms with Gasteiger partial charge in [0, 0.05) is 15.6 Å². The fourth-order valence-electron chi connectivity index (χ4n) is 5.68. The standard InChI is InChI=1S/C32H19Cl2N5OS/c33-20-12-8-17(9-13-20)16-19-4-3-5-22-25(18-10-14-21(34)15-11-18)26-28(37-27(19)22)38-32-39(31(26)40)29-30(41-32)36-24-7-2-1-6-23(24)35-29/h1-2,6-16H,3-5H2/b19-16-. The minimum atomic E-state index is -0.199. The minimum absolute atomic E-state index is 0.199. The summed E-state index contributed by atoms with van der Waals surface area (Å²) in [6.45, 7) is 0. The monoisotopic (exact) mass is 591 g/mol. The van der Waals surface area contributed by atoms with Crippen molar-refractivity contribution in [2.75, 3.05) is 0 Å². The first-order valence-corrected chi connectivity index (χ1v) is 14.8. The van der Waals surface area contributed by atoms with Crippen molar-refractivity contribution in [3.63, 3.8) is 0 Å². The van der Waals surface area contributed by atoms with Gasteiger partial charge in [0.2, 0.25) is 4.96 Å². The van der Waals surface area contributed by atoms with Gasteiger partial charge in [-0.2, -0.15) is 4.98 Å². The van der Waals surface area contributed by atoms with Crippen molar-refractivity contribution in [2.24, 2.45) is 0 Å². The van der Waals surface area contributed by atoms with Crippen molar-refractivity contribution < 1.29 is 0 Å². The number of halogens is 2. The quantitative estimate of drug-likeness (QED) is 0.202. The molecule has 0 radical (unpaired) electrons. The topological polar surface area (TPSA) is 73.0 Å². The molecular formula is C32H19Cl2N5OS. The van der Waals surface area contributed by atoms with Crippen molar-refractivity contribution in [1.82, 2.24) is 24.3 Å². The highest BCUT2D eigenvalue weighted by atomic mass is 35.5. The van der Waals surface area contributed by atoms with Crippen molar-refractivity contribution in [3.05, 3.63) is 110 Å². The Kier molecular flexibility index (Phi) is 5.67. The van der Waals surface area contributed by atoms with Crippen LogP contribution in [-0.2, 0) is 6.42 Å². The average Bonchev–Trinajstić information content (AvgIpc) is 3.34. The highest BCUT2D eigenvalue weighted by Gasteiger charge is 2.26. The third-order valence-electron chi connectivity index (χ3n) is 7.53. The molecule has 1 aliphatic rings. The number of para-hydroxylation sites is 2. The molecule has 0 unspecified atom stereocenters. The molecule has 0 bridgehead atoms. The molecule has 0 saturated heterocycles. The molecule has 0 N–H and O–H groups in total. The molecule has 7 aromatic rings. The van der Waals surface area contributed by atoms with Crippen LogP contribution in [0.4, 0.5) is 0 Å². The van der Waals surface area contributed by atoms with Gasteiger partial charge in [0.15, 0.2) is 16.1 Å². The summed E-state index contributed by atoms with van der Waals surface area (Å²) in [7, 11) is 0. The van der Waals surface area contributed by atoms with Crippen molar-refractivity contribution >= 4 is 83.7 Å². The average molecular weight is 593 g/mol. The summed E-state index contributed by atoms with van der Waals surface area (Å²) in [6, 6.07) is 23.1. The Hall–Kier alpha value is -4.17. The van der Waals surface area contributed by atoms with E-state index in [1.807, 2.05) is 72.8 Å². The molecule has 8 rings (SSSR count). The Bertz CT molecular complexity index is 2270. The van der Waals surface area contributed by atoms with Crippen molar-refractivity contribution in [1.29, 1.82) is 0 Å². The van der Waals surface area contributed by atoms with E-state index in [0.29, 0.717) is 36.5 Å². The first-order valence-electron chi connectivity index (χ1n) is 13.2. The minimum Gasteiger partial charge on any atom is -0.268 e. The molecule has 9 heteroatoms. The zero-order chi connectivity index (χ0) is 27.7. The third kappa shape index (κ3) is 4.03. The number of hydrogen-bond donors (Lipinski definition) is 0. The summed E-state index contributed by atoms with van der Waals surface area (Å²) in [5, 5.41) is 1.80. The van der Waals surface area contributed by atoms with E-state index in [4.69, 9.17) is 43.1 Å². The van der Waals surface area contributed by atoms with Gasteiger partial charge in [0.05, 0.1) is 22.1 Å². The van der Waals surface area contributed by atoms with E-state index in [-0.39, 0.29) is 5.56 Å². The number of hydrogen-bond acceptors (Lipinski definition) is 6. The van der Waals surface area contributed by atoms with Crippen LogP contribution in [-0.4, -0.2) is 24.3 Å². The van der Waals surface area contributed by atoms with Gasteiger partial charge in [-0.25, -0.2) is 19.4 Å². The smallest absolute Gasteiger partial charge is 0.268 e. The van der Waals surface area contributed by atoms with Gasteiger partial charge >= 0.3 is 0 Å². The molecular weight excluding hydrogens is 573 g/mol. The Labute approximate surface area is 247 Å². The summed E-state index contributed by atoms with van der Waals surface area (Å²) < 4.78 is 1.59. The Morgan fingerprint density at radius 1 is 0.805 bits per heavy atom. The second kappa shape index (κ2) is 9.45. The van der Waals surface area contributed by atoms with Gasteiger partial charge in [-0.1, -0.05) is 70.9 Å². The van der Waals surface area contributed by atoms with Crippen LogP contribution in [0.2, 0.25) is 10.0 Å². The number of nitrogens with zero attached hydrogens (tertiary/aromatic N) is 5. The molecule has 3 aromatic carbocycles. The molecule has 0 atom stereocenters. The fraction of sp³-hybridized carbons (Fsp3) is 0.0938. The lowest BCUT2D eigenvalue weighted by Gasteiger charge is -2.23. The van der Waals surface area contributed by atoms with Gasteiger partial charge in [-0.15, -0.1) is 0 Å². The van der Waals surface area contributed by atoms with E-state index >= 15 is 0 Å². The Balaban J connectivity index is 1.48. The molecule has 1 aliphatic carbocycles. The number of benzene rings is 3. The van der Waals surface area contributed by atoms with Crippen LogP contribution >= 0.6 is 34.5 Å². The fourth-order valence-corrected chi connectivity index (χ4v) is 6.87. The van der Waals surface area contributed by atoms with E-state index in [2.05, 4.69) is 6.08 Å². The van der Waals surface area contributed by atoms with Crippen molar-refractivity contribution in [3.8, 4) is 11.1 Å². The zero-order valence-corrected chi connectivity index (χ0v) is 23.8. The maximum absolute atomic E-state index is 14.4. The second-order valence-corrected chi connectivity index (χ2v) is 11.9. The van der Waals surface area contributed by atoms with E-state index in [1.165, 1.54) is 11.3 Å². The molecule has 6 nitrogen and oxygen atoms in total. The third-order valence-corrected chi connectivity index (χ3v) is 8.96. The summed E-state index contributed by atoms with van der Waals surface area (Å²) in [4.78, 5) is 35.2. The zero-order valence-electron chi connectivity index (χ0n) is 21.4. The second-order valence-electron chi connectivity index (χ2n) is 10.1. The van der Waals surface area contributed by atoms with Gasteiger partial charge in [-0.3, -0.25) is 4.79 Å². The molecule has 0 spiro atoms. The predicted molar refractivity (Wildman–Crippen MR) is 168 cm³/mol. The Morgan fingerprint density at radius 3 is 2.27 bits per heavy atom. The molecule has 0 fully saturated rings. The predicted octanol–water partition coefficient (Wildman–Crippen LogP) is 8.25. The highest BCUT2D eigenvalue weighted by Crippen LogP contribution is 2.40. The van der Waals surface area contributed by atoms with E-state index < -0.39 is 0 Å². The van der Waals surface area contributed by atoms with Gasteiger partial charge in [-0.05, 0) is 84.0 Å². The summed E-state index contributed by atoms with van der Waals surface area (Å²) in [6.07, 6.45) is 4.77. The lowest BCUT2D eigenvalue weighted by molar-refractivity contribution is 0.815. The van der Waals surface area contributed by atoms with E-state index in [0.717, 1.165) is 63.8 Å². The maximum atomic E-state index is 14.4. The summed E-state index contributed by atoms with van der Waals surface area (Å²) in [5.41, 5.74) is 8.05. The van der Waals surface area contributed by atoms with Crippen LogP contribution in [0.1, 0.15) is 29.7 Å². The van der Waals surface area contributed by atoms with Crippen LogP contribution in [0.25, 0.3) is 60.3 Å². The van der Waals surface area contributed by atoms with Crippen molar-refractivity contribution in [2.45, 2.75) is 19.3 Å². The molecule has 0 amide bonds. The highest BCUT2D eigenvalue weighted by molar-refractivity contribution is 7.23. The number of allylic oxidation sites excluding steroid dienone is 1. The first-order chi connectivity index (χ1) is 20.0. The molecule has 0 saturated carbocycles. The molecule has 41 heavy (non-hydrogen) atoms. The van der Waals surface area contributed by atoms with Crippen LogP contribution in [0, 0.1) is 0 Å². The van der Waals surface area contributed by atoms with Crippen LogP contribution in [0.5, 0.6) is 0 Å². The Morgan fingerprint density at radius 2 is 1.51 bits per heavy atom. The molecule has 0 aliphatic heterocycles. The number of fused-ring (bicyclic) bond motifs is 6. The van der Waals surface area contributed by atoms with Gasteiger partial charge < -0.3 is 0 Å². The molecule has 4 heterocycles. The number of rotatable bonds is 2. The van der Waals surface area contributed by atoms with Gasteiger partial charge in [0.1, 0.15) is 0 Å². The SMILES string of the molecule is O=c1c2c(-c3ccc(Cl)cc3)c3c(nc2nc2sc4nc5ccccc5nc4n12)/C(=C\c1ccc(Cl)cc1)CCC3.